The average Bonchev–Trinajstić information content (AvgIpc) is 2.86. The Kier molecular flexibility index (Phi) is 9.76. The quantitative estimate of drug-likeness (QED) is 0.529. The number of likely N-dealkylation sites (tertiary alicyclic amines) is 1. The van der Waals surface area contributed by atoms with Gasteiger partial charge in [-0.1, -0.05) is 25.1 Å². The van der Waals surface area contributed by atoms with Gasteiger partial charge in [0.1, 0.15) is 11.5 Å². The predicted octanol–water partition coefficient (Wildman–Crippen LogP) is 4.44. The Morgan fingerprint density at radius 3 is 2.35 bits per heavy atom. The van der Waals surface area contributed by atoms with Crippen molar-refractivity contribution in [1.82, 2.24) is 9.80 Å². The molecule has 0 aliphatic carbocycles. The lowest BCUT2D eigenvalue weighted by atomic mass is 10.0. The topological polar surface area (TPSA) is 71.1 Å². The second kappa shape index (κ2) is 13.0. The summed E-state index contributed by atoms with van der Waals surface area (Å²) in [6.07, 6.45) is 2.67. The fraction of sp³-hybridized carbons (Fsp3) is 0.481. The van der Waals surface area contributed by atoms with Gasteiger partial charge in [0.25, 0.3) is 5.91 Å². The van der Waals surface area contributed by atoms with E-state index in [9.17, 15) is 9.59 Å². The number of rotatable bonds is 11. The Labute approximate surface area is 203 Å². The first-order chi connectivity index (χ1) is 16.5. The van der Waals surface area contributed by atoms with Crippen molar-refractivity contribution in [2.45, 2.75) is 46.1 Å². The predicted molar refractivity (Wildman–Crippen MR) is 135 cm³/mol. The van der Waals surface area contributed by atoms with Gasteiger partial charge in [-0.05, 0) is 63.9 Å². The average molecular weight is 468 g/mol. The van der Waals surface area contributed by atoms with E-state index in [-0.39, 0.29) is 17.9 Å². The van der Waals surface area contributed by atoms with Crippen molar-refractivity contribution < 1.29 is 19.1 Å². The number of benzene rings is 2. The Bertz CT molecular complexity index is 927. The number of ether oxygens (including phenoxy) is 2. The van der Waals surface area contributed by atoms with Crippen LogP contribution in [0.4, 0.5) is 5.69 Å². The molecule has 2 aromatic rings. The summed E-state index contributed by atoms with van der Waals surface area (Å²) in [6.45, 7) is 9.57. The van der Waals surface area contributed by atoms with Crippen molar-refractivity contribution in [3.63, 3.8) is 0 Å². The molecule has 0 aromatic heterocycles. The van der Waals surface area contributed by atoms with E-state index in [1.165, 1.54) is 0 Å². The van der Waals surface area contributed by atoms with Gasteiger partial charge in [0.05, 0.1) is 25.4 Å². The minimum Gasteiger partial charge on any atom is -0.494 e. The highest BCUT2D eigenvalue weighted by atomic mass is 16.5. The van der Waals surface area contributed by atoms with Crippen molar-refractivity contribution in [1.29, 1.82) is 0 Å². The number of nitrogens with zero attached hydrogens (tertiary/aromatic N) is 2. The van der Waals surface area contributed by atoms with Gasteiger partial charge in [-0.2, -0.15) is 0 Å². The van der Waals surface area contributed by atoms with Crippen molar-refractivity contribution in [2.75, 3.05) is 44.7 Å². The number of hydrogen-bond acceptors (Lipinski definition) is 5. The minimum atomic E-state index is -0.0779. The molecule has 2 aromatic carbocycles. The number of hydrogen-bond donors (Lipinski definition) is 1. The summed E-state index contributed by atoms with van der Waals surface area (Å²) in [7, 11) is 0. The molecular formula is C27H37N3O4. The van der Waals surface area contributed by atoms with Crippen molar-refractivity contribution in [3.8, 4) is 11.5 Å². The van der Waals surface area contributed by atoms with E-state index in [2.05, 4.69) is 17.1 Å². The number of anilines is 1. The van der Waals surface area contributed by atoms with Gasteiger partial charge in [-0.15, -0.1) is 0 Å². The summed E-state index contributed by atoms with van der Waals surface area (Å²) in [5.41, 5.74) is 1.35. The van der Waals surface area contributed by atoms with Gasteiger partial charge >= 0.3 is 0 Å². The van der Waals surface area contributed by atoms with Crippen LogP contribution in [0.1, 0.15) is 50.4 Å². The molecule has 0 atom stereocenters. The maximum Gasteiger partial charge on any atom is 0.253 e. The number of carbonyl (C=O) groups excluding carboxylic acids is 2. The molecule has 0 bridgehead atoms. The molecule has 1 N–H and O–H groups in total. The molecule has 0 spiro atoms. The molecular weight excluding hydrogens is 430 g/mol. The lowest BCUT2D eigenvalue weighted by Crippen LogP contribution is -2.49. The summed E-state index contributed by atoms with van der Waals surface area (Å²) in [5, 5.41) is 3.02. The number of carbonyl (C=O) groups is 2. The molecule has 0 saturated carbocycles. The van der Waals surface area contributed by atoms with E-state index in [0.717, 1.165) is 31.4 Å². The molecule has 1 aliphatic rings. The van der Waals surface area contributed by atoms with Crippen LogP contribution in [-0.4, -0.2) is 67.0 Å². The van der Waals surface area contributed by atoms with Gasteiger partial charge in [-0.25, -0.2) is 0 Å². The third kappa shape index (κ3) is 6.97. The SMILES string of the molecule is CCCN(CC(=O)Nc1cc(OCC)ccc1OCC)C1CCN(C(=O)c2ccccc2)CC1. The molecule has 7 heteroatoms. The minimum absolute atomic E-state index is 0.0779. The largest absolute Gasteiger partial charge is 0.494 e. The van der Waals surface area contributed by atoms with E-state index in [1.807, 2.05) is 67.3 Å². The molecule has 1 fully saturated rings. The van der Waals surface area contributed by atoms with Gasteiger partial charge < -0.3 is 19.7 Å². The third-order valence-corrected chi connectivity index (χ3v) is 5.98. The van der Waals surface area contributed by atoms with Gasteiger partial charge in [0.2, 0.25) is 5.91 Å². The standard InChI is InChI=1S/C27H37N3O4/c1-4-16-30(22-14-17-29(18-15-22)27(32)21-10-8-7-9-11-21)20-26(31)28-24-19-23(33-5-2)12-13-25(24)34-6-3/h7-13,19,22H,4-6,14-18,20H2,1-3H3,(H,28,31). The van der Waals surface area contributed by atoms with Crippen LogP contribution >= 0.6 is 0 Å². The zero-order chi connectivity index (χ0) is 24.3. The van der Waals surface area contributed by atoms with Crippen molar-refractivity contribution >= 4 is 17.5 Å². The second-order valence-electron chi connectivity index (χ2n) is 8.43. The fourth-order valence-corrected chi connectivity index (χ4v) is 4.39. The van der Waals surface area contributed by atoms with E-state index >= 15 is 0 Å². The Hall–Kier alpha value is -3.06. The summed E-state index contributed by atoms with van der Waals surface area (Å²) in [5.74, 6) is 1.33. The Morgan fingerprint density at radius 1 is 1.00 bits per heavy atom. The van der Waals surface area contributed by atoms with Gasteiger partial charge in [-0.3, -0.25) is 14.5 Å². The summed E-state index contributed by atoms with van der Waals surface area (Å²) in [4.78, 5) is 29.9. The van der Waals surface area contributed by atoms with E-state index in [1.54, 1.807) is 0 Å². The Balaban J connectivity index is 1.60. The summed E-state index contributed by atoms with van der Waals surface area (Å²) >= 11 is 0. The van der Waals surface area contributed by atoms with Crippen molar-refractivity contribution in [2.24, 2.45) is 0 Å². The van der Waals surface area contributed by atoms with Crippen molar-refractivity contribution in [3.05, 3.63) is 54.1 Å². The zero-order valence-electron chi connectivity index (χ0n) is 20.6. The molecule has 34 heavy (non-hydrogen) atoms. The third-order valence-electron chi connectivity index (χ3n) is 5.98. The molecule has 3 rings (SSSR count). The normalized spacial score (nSPS) is 14.2. The summed E-state index contributed by atoms with van der Waals surface area (Å²) in [6, 6.07) is 15.2. The highest BCUT2D eigenvalue weighted by Crippen LogP contribution is 2.29. The van der Waals surface area contributed by atoms with Crippen LogP contribution in [0.5, 0.6) is 11.5 Å². The molecule has 184 valence electrons. The van der Waals surface area contributed by atoms with E-state index in [0.29, 0.717) is 50.0 Å². The van der Waals surface area contributed by atoms with Gasteiger partial charge in [0, 0.05) is 30.8 Å². The first-order valence-corrected chi connectivity index (χ1v) is 12.3. The summed E-state index contributed by atoms with van der Waals surface area (Å²) < 4.78 is 11.3. The van der Waals surface area contributed by atoms with E-state index < -0.39 is 0 Å². The molecule has 1 aliphatic heterocycles. The molecule has 1 heterocycles. The highest BCUT2D eigenvalue weighted by molar-refractivity contribution is 5.94. The molecule has 0 unspecified atom stereocenters. The number of nitrogens with one attached hydrogen (secondary N) is 1. The van der Waals surface area contributed by atoms with Crippen LogP contribution in [0.2, 0.25) is 0 Å². The number of amides is 2. The van der Waals surface area contributed by atoms with E-state index in [4.69, 9.17) is 9.47 Å². The van der Waals surface area contributed by atoms with Crippen LogP contribution < -0.4 is 14.8 Å². The first-order valence-electron chi connectivity index (χ1n) is 12.3. The van der Waals surface area contributed by atoms with Gasteiger partial charge in [0.15, 0.2) is 0 Å². The smallest absolute Gasteiger partial charge is 0.253 e. The maximum absolute atomic E-state index is 13.0. The lowest BCUT2D eigenvalue weighted by molar-refractivity contribution is -0.118. The second-order valence-corrected chi connectivity index (χ2v) is 8.43. The van der Waals surface area contributed by atoms with Crippen LogP contribution in [0.25, 0.3) is 0 Å². The molecule has 2 amide bonds. The van der Waals surface area contributed by atoms with Crippen LogP contribution in [0.15, 0.2) is 48.5 Å². The monoisotopic (exact) mass is 467 g/mol. The first kappa shape index (κ1) is 25.6. The van der Waals surface area contributed by atoms with Crippen LogP contribution in [0.3, 0.4) is 0 Å². The fourth-order valence-electron chi connectivity index (χ4n) is 4.39. The van der Waals surface area contributed by atoms with Crippen LogP contribution in [0, 0.1) is 0 Å². The number of piperidine rings is 1. The molecule has 7 nitrogen and oxygen atoms in total. The highest BCUT2D eigenvalue weighted by Gasteiger charge is 2.28. The zero-order valence-corrected chi connectivity index (χ0v) is 20.6. The molecule has 1 saturated heterocycles. The maximum atomic E-state index is 13.0. The Morgan fingerprint density at radius 2 is 1.71 bits per heavy atom. The lowest BCUT2D eigenvalue weighted by Gasteiger charge is -2.38. The van der Waals surface area contributed by atoms with Crippen LogP contribution in [-0.2, 0) is 4.79 Å². The molecule has 0 radical (unpaired) electrons.